The lowest BCUT2D eigenvalue weighted by atomic mass is 10.1. The maximum absolute atomic E-state index is 11.9. The monoisotopic (exact) mass is 334 g/mol. The summed E-state index contributed by atoms with van der Waals surface area (Å²) in [4.78, 5) is 34.1. The van der Waals surface area contributed by atoms with Gasteiger partial charge in [0.25, 0.3) is 5.24 Å². The highest BCUT2D eigenvalue weighted by Gasteiger charge is 2.29. The largest absolute Gasteiger partial charge is 0.478 e. The van der Waals surface area contributed by atoms with Gasteiger partial charge in [0.1, 0.15) is 6.04 Å². The van der Waals surface area contributed by atoms with Crippen LogP contribution in [0.5, 0.6) is 0 Å². The molecule has 0 bridgehead atoms. The zero-order valence-electron chi connectivity index (χ0n) is 9.78. The van der Waals surface area contributed by atoms with Crippen LogP contribution >= 0.6 is 35.0 Å². The molecule has 0 radical (unpaired) electrons. The number of carbonyl (C=O) groups is 3. The molecule has 1 unspecified atom stereocenters. The summed E-state index contributed by atoms with van der Waals surface area (Å²) in [6.07, 6.45) is 0. The number of halogens is 2. The van der Waals surface area contributed by atoms with Gasteiger partial charge < -0.3 is 15.7 Å². The van der Waals surface area contributed by atoms with Crippen LogP contribution in [-0.2, 0) is 4.79 Å². The van der Waals surface area contributed by atoms with Gasteiger partial charge in [-0.25, -0.2) is 4.79 Å². The Hall–Kier alpha value is -1.44. The van der Waals surface area contributed by atoms with Crippen LogP contribution in [0.1, 0.15) is 10.4 Å². The van der Waals surface area contributed by atoms with Gasteiger partial charge in [-0.3, -0.25) is 9.59 Å². The predicted octanol–water partition coefficient (Wildman–Crippen LogP) is 2.46. The minimum absolute atomic E-state index is 0.0141. The lowest BCUT2D eigenvalue weighted by molar-refractivity contribution is -0.117. The normalized spacial score (nSPS) is 17.7. The number of aromatic carboxylic acids is 1. The van der Waals surface area contributed by atoms with Gasteiger partial charge in [0, 0.05) is 10.8 Å². The Balaban J connectivity index is 2.26. The first-order chi connectivity index (χ1) is 9.38. The van der Waals surface area contributed by atoms with E-state index in [2.05, 4.69) is 10.6 Å². The summed E-state index contributed by atoms with van der Waals surface area (Å²) in [6, 6.07) is 1.79. The van der Waals surface area contributed by atoms with Crippen LogP contribution < -0.4 is 10.6 Å². The van der Waals surface area contributed by atoms with Gasteiger partial charge in [-0.15, -0.1) is 0 Å². The van der Waals surface area contributed by atoms with Gasteiger partial charge in [0.2, 0.25) is 5.91 Å². The summed E-state index contributed by atoms with van der Waals surface area (Å²) in [5, 5.41) is 13.8. The highest BCUT2D eigenvalue weighted by molar-refractivity contribution is 8.14. The molecule has 1 saturated heterocycles. The average Bonchev–Trinajstić information content (AvgIpc) is 2.78. The van der Waals surface area contributed by atoms with Crippen LogP contribution in [0.15, 0.2) is 12.1 Å². The van der Waals surface area contributed by atoms with E-state index in [4.69, 9.17) is 28.3 Å². The molecule has 6 nitrogen and oxygen atoms in total. The summed E-state index contributed by atoms with van der Waals surface area (Å²) in [6.45, 7) is 0. The lowest BCUT2D eigenvalue weighted by Gasteiger charge is -2.14. The summed E-state index contributed by atoms with van der Waals surface area (Å²) >= 11 is 12.6. The number of carboxylic acid groups (broad SMARTS) is 1. The number of carbonyl (C=O) groups excluding carboxylic acids is 2. The van der Waals surface area contributed by atoms with Gasteiger partial charge in [-0.2, -0.15) is 0 Å². The molecule has 1 atom stereocenters. The van der Waals surface area contributed by atoms with Gasteiger partial charge in [-0.1, -0.05) is 35.0 Å². The van der Waals surface area contributed by atoms with E-state index in [1.54, 1.807) is 0 Å². The Morgan fingerprint density at radius 1 is 1.40 bits per heavy atom. The summed E-state index contributed by atoms with van der Waals surface area (Å²) in [5.41, 5.74) is -0.257. The fraction of sp³-hybridized carbons (Fsp3) is 0.182. The number of thioether (sulfide) groups is 1. The molecule has 0 spiro atoms. The number of hydrogen-bond donors (Lipinski definition) is 3. The Bertz CT molecular complexity index is 608. The molecule has 3 N–H and O–H groups in total. The first-order valence-electron chi connectivity index (χ1n) is 5.35. The fourth-order valence-corrected chi connectivity index (χ4v) is 2.92. The van der Waals surface area contributed by atoms with Crippen LogP contribution in [0.4, 0.5) is 10.5 Å². The van der Waals surface area contributed by atoms with Crippen molar-refractivity contribution in [3.63, 3.8) is 0 Å². The van der Waals surface area contributed by atoms with Crippen molar-refractivity contribution in [2.75, 3.05) is 11.1 Å². The summed E-state index contributed by atoms with van der Waals surface area (Å²) in [5.74, 6) is -1.53. The van der Waals surface area contributed by atoms with E-state index in [0.717, 1.165) is 11.8 Å². The first-order valence-corrected chi connectivity index (χ1v) is 7.09. The average molecular weight is 335 g/mol. The molecule has 1 fully saturated rings. The third-order valence-electron chi connectivity index (χ3n) is 2.52. The van der Waals surface area contributed by atoms with Gasteiger partial charge in [-0.05, 0) is 12.1 Å². The maximum Gasteiger partial charge on any atom is 0.337 e. The number of nitrogens with one attached hydrogen (secondary N) is 2. The Labute approximate surface area is 127 Å². The van der Waals surface area contributed by atoms with Crippen molar-refractivity contribution in [1.82, 2.24) is 5.32 Å². The fourth-order valence-electron chi connectivity index (χ4n) is 1.61. The number of rotatable bonds is 3. The van der Waals surface area contributed by atoms with E-state index >= 15 is 0 Å². The SMILES string of the molecule is O=C1NC(C(=O)Nc2c(Cl)cc(Cl)cc2C(=O)O)CS1. The molecule has 106 valence electrons. The van der Waals surface area contributed by atoms with Gasteiger partial charge >= 0.3 is 5.97 Å². The van der Waals surface area contributed by atoms with Crippen molar-refractivity contribution in [2.45, 2.75) is 6.04 Å². The van der Waals surface area contributed by atoms with Crippen LogP contribution in [0.25, 0.3) is 0 Å². The Kier molecular flexibility index (Phi) is 4.42. The zero-order valence-corrected chi connectivity index (χ0v) is 12.1. The van der Waals surface area contributed by atoms with Gasteiger partial charge in [0.05, 0.1) is 16.3 Å². The molecule has 1 aliphatic heterocycles. The quantitative estimate of drug-likeness (QED) is 0.789. The van der Waals surface area contributed by atoms with Crippen LogP contribution in [0.3, 0.4) is 0 Å². The highest BCUT2D eigenvalue weighted by Crippen LogP contribution is 2.30. The smallest absolute Gasteiger partial charge is 0.337 e. The summed E-state index contributed by atoms with van der Waals surface area (Å²) in [7, 11) is 0. The third kappa shape index (κ3) is 3.17. The molecular weight excluding hydrogens is 327 g/mol. The Morgan fingerprint density at radius 3 is 2.65 bits per heavy atom. The topological polar surface area (TPSA) is 95.5 Å². The Morgan fingerprint density at radius 2 is 2.10 bits per heavy atom. The predicted molar refractivity (Wildman–Crippen MR) is 76.8 cm³/mol. The number of carboxylic acids is 1. The number of benzene rings is 1. The third-order valence-corrected chi connectivity index (χ3v) is 3.92. The molecule has 0 aromatic heterocycles. The van der Waals surface area contributed by atoms with E-state index < -0.39 is 17.9 Å². The van der Waals surface area contributed by atoms with E-state index in [1.165, 1.54) is 12.1 Å². The second kappa shape index (κ2) is 5.90. The molecule has 0 aliphatic carbocycles. The van der Waals surface area contributed by atoms with Crippen molar-refractivity contribution < 1.29 is 19.5 Å². The standard InChI is InChI=1S/C11H8Cl2N2O4S/c12-4-1-5(10(17)18)8(6(13)2-4)15-9(16)7-3-20-11(19)14-7/h1-2,7H,3H2,(H,14,19)(H,15,16)(H,17,18). The minimum atomic E-state index is -1.27. The second-order valence-corrected chi connectivity index (χ2v) is 5.74. The second-order valence-electron chi connectivity index (χ2n) is 3.90. The lowest BCUT2D eigenvalue weighted by Crippen LogP contribution is -2.39. The molecular formula is C11H8Cl2N2O4S. The van der Waals surface area contributed by atoms with Crippen molar-refractivity contribution >= 4 is 57.8 Å². The highest BCUT2D eigenvalue weighted by atomic mass is 35.5. The number of hydrogen-bond acceptors (Lipinski definition) is 4. The van der Waals surface area contributed by atoms with E-state index in [0.29, 0.717) is 0 Å². The minimum Gasteiger partial charge on any atom is -0.478 e. The van der Waals surface area contributed by atoms with Crippen molar-refractivity contribution in [2.24, 2.45) is 0 Å². The number of anilines is 1. The first kappa shape index (κ1) is 15.0. The molecule has 20 heavy (non-hydrogen) atoms. The van der Waals surface area contributed by atoms with Gasteiger partial charge in [0.15, 0.2) is 0 Å². The summed E-state index contributed by atoms with van der Waals surface area (Å²) < 4.78 is 0. The van der Waals surface area contributed by atoms with Crippen LogP contribution in [0, 0.1) is 0 Å². The van der Waals surface area contributed by atoms with E-state index in [9.17, 15) is 14.4 Å². The molecule has 1 heterocycles. The molecule has 1 aromatic carbocycles. The van der Waals surface area contributed by atoms with Crippen molar-refractivity contribution in [3.8, 4) is 0 Å². The maximum atomic E-state index is 11.9. The van der Waals surface area contributed by atoms with Crippen molar-refractivity contribution in [1.29, 1.82) is 0 Å². The van der Waals surface area contributed by atoms with Crippen LogP contribution in [-0.4, -0.2) is 34.0 Å². The van der Waals surface area contributed by atoms with E-state index in [-0.39, 0.29) is 32.3 Å². The molecule has 2 rings (SSSR count). The number of amides is 2. The molecule has 1 aliphatic rings. The van der Waals surface area contributed by atoms with Crippen molar-refractivity contribution in [3.05, 3.63) is 27.7 Å². The van der Waals surface area contributed by atoms with E-state index in [1.807, 2.05) is 0 Å². The molecule has 1 aromatic rings. The molecule has 2 amide bonds. The van der Waals surface area contributed by atoms with Crippen LogP contribution in [0.2, 0.25) is 10.0 Å². The molecule has 9 heteroatoms. The zero-order chi connectivity index (χ0) is 14.9. The molecule has 0 saturated carbocycles.